The number of halogens is 4. The first-order chi connectivity index (χ1) is 14.8. The zero-order valence-corrected chi connectivity index (χ0v) is 16.9. The molecule has 3 heterocycles. The Morgan fingerprint density at radius 3 is 2.58 bits per heavy atom. The highest BCUT2D eigenvalue weighted by Gasteiger charge is 2.28. The van der Waals surface area contributed by atoms with Gasteiger partial charge in [-0.25, -0.2) is 4.98 Å². The molecule has 31 heavy (non-hydrogen) atoms. The monoisotopic (exact) mass is 449 g/mol. The number of ether oxygens (including phenoxy) is 1. The van der Waals surface area contributed by atoms with Crippen molar-refractivity contribution in [1.29, 1.82) is 0 Å². The Morgan fingerprint density at radius 1 is 1.13 bits per heavy atom. The van der Waals surface area contributed by atoms with Crippen molar-refractivity contribution in [3.05, 3.63) is 65.1 Å². The van der Waals surface area contributed by atoms with Crippen molar-refractivity contribution in [2.75, 3.05) is 6.61 Å². The summed E-state index contributed by atoms with van der Waals surface area (Å²) in [7, 11) is 0. The average molecular weight is 450 g/mol. The topological polar surface area (TPSA) is 78.9 Å². The number of pyridine rings is 1. The first-order valence-electron chi connectivity index (χ1n) is 9.06. The minimum atomic E-state index is -4.40. The quantitative estimate of drug-likeness (QED) is 0.388. The maximum absolute atomic E-state index is 12.2. The van der Waals surface area contributed by atoms with E-state index in [4.69, 9.17) is 20.9 Å². The summed E-state index contributed by atoms with van der Waals surface area (Å²) in [4.78, 5) is 8.39. The molecule has 0 spiro atoms. The van der Waals surface area contributed by atoms with Gasteiger partial charge in [0, 0.05) is 17.5 Å². The Balaban J connectivity index is 1.48. The summed E-state index contributed by atoms with van der Waals surface area (Å²) >= 11 is 5.81. The van der Waals surface area contributed by atoms with Gasteiger partial charge in [-0.05, 0) is 48.9 Å². The summed E-state index contributed by atoms with van der Waals surface area (Å²) < 4.78 is 48.5. The molecule has 0 bridgehead atoms. The van der Waals surface area contributed by atoms with E-state index in [0.717, 1.165) is 11.3 Å². The van der Waals surface area contributed by atoms with Gasteiger partial charge in [-0.15, -0.1) is 0 Å². The van der Waals surface area contributed by atoms with Crippen molar-refractivity contribution >= 4 is 11.6 Å². The van der Waals surface area contributed by atoms with Gasteiger partial charge in [-0.3, -0.25) is 4.68 Å². The molecular formula is C20H15ClF3N5O2. The lowest BCUT2D eigenvalue weighted by atomic mass is 10.2. The number of rotatable bonds is 6. The van der Waals surface area contributed by atoms with Gasteiger partial charge in [0.1, 0.15) is 10.9 Å². The highest BCUT2D eigenvalue weighted by atomic mass is 35.5. The lowest BCUT2D eigenvalue weighted by molar-refractivity contribution is -0.153. The van der Waals surface area contributed by atoms with Crippen LogP contribution in [-0.4, -0.2) is 37.7 Å². The van der Waals surface area contributed by atoms with E-state index in [-0.39, 0.29) is 17.5 Å². The van der Waals surface area contributed by atoms with Crippen LogP contribution in [0.1, 0.15) is 11.3 Å². The lowest BCUT2D eigenvalue weighted by Crippen LogP contribution is -2.19. The molecule has 0 aliphatic heterocycles. The van der Waals surface area contributed by atoms with Crippen LogP contribution in [0.25, 0.3) is 23.0 Å². The van der Waals surface area contributed by atoms with E-state index < -0.39 is 12.8 Å². The number of nitrogens with zero attached hydrogens (tertiary/aromatic N) is 5. The molecule has 0 aliphatic rings. The van der Waals surface area contributed by atoms with E-state index in [1.807, 2.05) is 19.1 Å². The maximum atomic E-state index is 12.2. The summed E-state index contributed by atoms with van der Waals surface area (Å²) in [5.74, 6) is 0.603. The molecule has 7 nitrogen and oxygen atoms in total. The van der Waals surface area contributed by atoms with Gasteiger partial charge in [0.25, 0.3) is 5.89 Å². The third-order valence-corrected chi connectivity index (χ3v) is 4.49. The van der Waals surface area contributed by atoms with E-state index in [1.54, 1.807) is 29.1 Å². The highest BCUT2D eigenvalue weighted by Crippen LogP contribution is 2.25. The van der Waals surface area contributed by atoms with Crippen LogP contribution >= 0.6 is 11.6 Å². The second kappa shape index (κ2) is 8.38. The van der Waals surface area contributed by atoms with Crippen molar-refractivity contribution in [2.24, 2.45) is 0 Å². The third kappa shape index (κ3) is 5.21. The van der Waals surface area contributed by atoms with Crippen molar-refractivity contribution < 1.29 is 22.4 Å². The standard InChI is InChI=1S/C20H15ClF3N5O2/c1-12-8-16(27-29(12)10-13-2-7-17(21)25-9-13)19-26-18(28-31-19)14-3-5-15(6-4-14)30-11-20(22,23)24/h2-9H,10-11H2,1H3. The van der Waals surface area contributed by atoms with Gasteiger partial charge in [0.2, 0.25) is 5.82 Å². The van der Waals surface area contributed by atoms with Crippen molar-refractivity contribution in [3.63, 3.8) is 0 Å². The van der Waals surface area contributed by atoms with Crippen molar-refractivity contribution in [3.8, 4) is 28.7 Å². The number of hydrogen-bond donors (Lipinski definition) is 0. The molecule has 4 rings (SSSR count). The van der Waals surface area contributed by atoms with Crippen LogP contribution in [0.3, 0.4) is 0 Å². The molecule has 0 atom stereocenters. The van der Waals surface area contributed by atoms with E-state index in [2.05, 4.69) is 20.2 Å². The summed E-state index contributed by atoms with van der Waals surface area (Å²) in [6, 6.07) is 11.3. The molecule has 3 aromatic heterocycles. The first-order valence-corrected chi connectivity index (χ1v) is 9.43. The SMILES string of the molecule is Cc1cc(-c2nc(-c3ccc(OCC(F)(F)F)cc3)no2)nn1Cc1ccc(Cl)nc1. The Hall–Kier alpha value is -3.40. The molecule has 4 aromatic rings. The van der Waals surface area contributed by atoms with Crippen LogP contribution in [0, 0.1) is 6.92 Å². The van der Waals surface area contributed by atoms with Crippen LogP contribution in [0.5, 0.6) is 5.75 Å². The number of alkyl halides is 3. The minimum Gasteiger partial charge on any atom is -0.484 e. The molecule has 0 N–H and O–H groups in total. The van der Waals surface area contributed by atoms with Gasteiger partial charge in [0.15, 0.2) is 12.3 Å². The fraction of sp³-hybridized carbons (Fsp3) is 0.200. The zero-order valence-electron chi connectivity index (χ0n) is 16.1. The second-order valence-electron chi connectivity index (χ2n) is 6.67. The van der Waals surface area contributed by atoms with Gasteiger partial charge in [-0.2, -0.15) is 23.3 Å². The molecule has 0 unspecified atom stereocenters. The molecule has 0 saturated heterocycles. The Kier molecular flexibility index (Phi) is 5.64. The van der Waals surface area contributed by atoms with Crippen LogP contribution in [0.15, 0.2) is 53.2 Å². The number of hydrogen-bond acceptors (Lipinski definition) is 6. The first kappa shape index (κ1) is 20.9. The fourth-order valence-corrected chi connectivity index (χ4v) is 2.87. The normalized spacial score (nSPS) is 11.6. The molecular weight excluding hydrogens is 435 g/mol. The van der Waals surface area contributed by atoms with E-state index in [9.17, 15) is 13.2 Å². The fourth-order valence-electron chi connectivity index (χ4n) is 2.76. The Labute approximate surface area is 179 Å². The second-order valence-corrected chi connectivity index (χ2v) is 7.06. The molecule has 0 radical (unpaired) electrons. The van der Waals surface area contributed by atoms with Crippen LogP contribution in [0.2, 0.25) is 5.15 Å². The lowest BCUT2D eigenvalue weighted by Gasteiger charge is -2.08. The molecule has 11 heteroatoms. The highest BCUT2D eigenvalue weighted by molar-refractivity contribution is 6.29. The largest absolute Gasteiger partial charge is 0.484 e. The van der Waals surface area contributed by atoms with Gasteiger partial charge in [-0.1, -0.05) is 22.8 Å². The minimum absolute atomic E-state index is 0.0934. The Morgan fingerprint density at radius 2 is 1.90 bits per heavy atom. The predicted molar refractivity (Wildman–Crippen MR) is 106 cm³/mol. The summed E-state index contributed by atoms with van der Waals surface area (Å²) in [6.45, 7) is 1.04. The summed E-state index contributed by atoms with van der Waals surface area (Å²) in [5.41, 5.74) is 2.89. The van der Waals surface area contributed by atoms with Crippen molar-refractivity contribution in [2.45, 2.75) is 19.6 Å². The van der Waals surface area contributed by atoms with Gasteiger partial charge >= 0.3 is 6.18 Å². The molecule has 0 amide bonds. The number of aryl methyl sites for hydroxylation is 1. The molecule has 0 saturated carbocycles. The smallest absolute Gasteiger partial charge is 0.422 e. The van der Waals surface area contributed by atoms with E-state index >= 15 is 0 Å². The summed E-state index contributed by atoms with van der Waals surface area (Å²) in [6.07, 6.45) is -2.72. The van der Waals surface area contributed by atoms with Crippen LogP contribution in [-0.2, 0) is 6.54 Å². The predicted octanol–water partition coefficient (Wildman–Crippen LogP) is 4.95. The number of benzene rings is 1. The molecule has 0 fully saturated rings. The summed E-state index contributed by atoms with van der Waals surface area (Å²) in [5, 5.41) is 8.85. The van der Waals surface area contributed by atoms with E-state index in [0.29, 0.717) is 23.0 Å². The van der Waals surface area contributed by atoms with Crippen LogP contribution < -0.4 is 4.74 Å². The zero-order chi connectivity index (χ0) is 22.0. The van der Waals surface area contributed by atoms with Crippen LogP contribution in [0.4, 0.5) is 13.2 Å². The van der Waals surface area contributed by atoms with Gasteiger partial charge in [0.05, 0.1) is 6.54 Å². The molecule has 1 aromatic carbocycles. The number of aromatic nitrogens is 5. The average Bonchev–Trinajstić information content (AvgIpc) is 3.35. The maximum Gasteiger partial charge on any atom is 0.422 e. The van der Waals surface area contributed by atoms with Gasteiger partial charge < -0.3 is 9.26 Å². The van der Waals surface area contributed by atoms with E-state index in [1.165, 1.54) is 12.1 Å². The Bertz CT molecular complexity index is 1170. The molecule has 0 aliphatic carbocycles. The molecule has 160 valence electrons. The third-order valence-electron chi connectivity index (χ3n) is 4.26. The van der Waals surface area contributed by atoms with Crippen molar-refractivity contribution in [1.82, 2.24) is 24.9 Å².